The van der Waals surface area contributed by atoms with Gasteiger partial charge in [-0.05, 0) is 61.9 Å². The van der Waals surface area contributed by atoms with E-state index in [4.69, 9.17) is 11.6 Å². The van der Waals surface area contributed by atoms with Crippen molar-refractivity contribution in [1.82, 2.24) is 0 Å². The Balaban J connectivity index is 1.76. The van der Waals surface area contributed by atoms with Crippen molar-refractivity contribution in [2.45, 2.75) is 18.7 Å². The topological polar surface area (TPSA) is 49.4 Å². The van der Waals surface area contributed by atoms with Crippen LogP contribution in [0.1, 0.15) is 11.1 Å². The Morgan fingerprint density at radius 3 is 2.23 bits per heavy atom. The van der Waals surface area contributed by atoms with Gasteiger partial charge in [0.2, 0.25) is 0 Å². The molecule has 3 aromatic rings. The van der Waals surface area contributed by atoms with Crippen molar-refractivity contribution in [2.24, 2.45) is 0 Å². The molecule has 3 aromatic carbocycles. The number of anilines is 2. The fraction of sp³-hybridized carbons (Fsp3) is 0.0833. The largest absolute Gasteiger partial charge is 0.350 e. The Morgan fingerprint density at radius 2 is 1.57 bits per heavy atom. The molecule has 0 aromatic heterocycles. The van der Waals surface area contributed by atoms with Gasteiger partial charge in [-0.2, -0.15) is 0 Å². The van der Waals surface area contributed by atoms with Crippen LogP contribution in [0.15, 0.2) is 88.3 Å². The predicted octanol–water partition coefficient (Wildman–Crippen LogP) is 5.95. The highest BCUT2D eigenvalue weighted by molar-refractivity contribution is 8.04. The van der Waals surface area contributed by atoms with E-state index in [9.17, 15) is 9.59 Å². The molecule has 4 nitrogen and oxygen atoms in total. The van der Waals surface area contributed by atoms with E-state index in [2.05, 4.69) is 5.32 Å². The summed E-state index contributed by atoms with van der Waals surface area (Å²) in [4.78, 5) is 29.2. The molecule has 0 unspecified atom stereocenters. The van der Waals surface area contributed by atoms with Crippen molar-refractivity contribution in [1.29, 1.82) is 0 Å². The van der Waals surface area contributed by atoms with Crippen molar-refractivity contribution in [2.75, 3.05) is 10.2 Å². The number of imide groups is 1. The Hall–Kier alpha value is -3.02. The molecule has 1 heterocycles. The first kappa shape index (κ1) is 20.3. The van der Waals surface area contributed by atoms with Gasteiger partial charge in [-0.25, -0.2) is 4.90 Å². The minimum Gasteiger partial charge on any atom is -0.350 e. The van der Waals surface area contributed by atoms with Crippen molar-refractivity contribution in [3.8, 4) is 0 Å². The number of hydrogen-bond acceptors (Lipinski definition) is 4. The van der Waals surface area contributed by atoms with Gasteiger partial charge in [0.25, 0.3) is 11.8 Å². The smallest absolute Gasteiger partial charge is 0.283 e. The van der Waals surface area contributed by atoms with Gasteiger partial charge in [0.15, 0.2) is 0 Å². The summed E-state index contributed by atoms with van der Waals surface area (Å²) in [5, 5.41) is 3.77. The van der Waals surface area contributed by atoms with Gasteiger partial charge in [-0.15, -0.1) is 0 Å². The van der Waals surface area contributed by atoms with Crippen LogP contribution in [-0.2, 0) is 9.59 Å². The van der Waals surface area contributed by atoms with E-state index in [-0.39, 0.29) is 17.5 Å². The van der Waals surface area contributed by atoms with Crippen LogP contribution in [0.2, 0.25) is 5.02 Å². The number of hydrogen-bond donors (Lipinski definition) is 1. The molecule has 0 aliphatic carbocycles. The highest BCUT2D eigenvalue weighted by Gasteiger charge is 2.40. The number of thioether (sulfide) groups is 1. The van der Waals surface area contributed by atoms with E-state index < -0.39 is 0 Å². The van der Waals surface area contributed by atoms with Gasteiger partial charge in [0, 0.05) is 15.6 Å². The average Bonchev–Trinajstić information content (AvgIpc) is 2.95. The van der Waals surface area contributed by atoms with E-state index in [1.807, 2.05) is 74.5 Å². The number of halogens is 1. The van der Waals surface area contributed by atoms with Gasteiger partial charge in [-0.1, -0.05) is 59.3 Å². The maximum atomic E-state index is 13.4. The number of aryl methyl sites for hydroxylation is 2. The zero-order valence-electron chi connectivity index (χ0n) is 16.5. The number of carbonyl (C=O) groups is 2. The summed E-state index contributed by atoms with van der Waals surface area (Å²) in [6.07, 6.45) is 0. The van der Waals surface area contributed by atoms with Crippen LogP contribution in [0, 0.1) is 13.8 Å². The molecule has 2 amide bonds. The third-order valence-electron chi connectivity index (χ3n) is 4.71. The Bertz CT molecular complexity index is 1160. The molecule has 6 heteroatoms. The van der Waals surface area contributed by atoms with Crippen LogP contribution in [0.3, 0.4) is 0 Å². The van der Waals surface area contributed by atoms with E-state index >= 15 is 0 Å². The quantitative estimate of drug-likeness (QED) is 0.504. The second kappa shape index (κ2) is 8.38. The normalized spacial score (nSPS) is 13.9. The molecule has 150 valence electrons. The van der Waals surface area contributed by atoms with Crippen molar-refractivity contribution in [3.63, 3.8) is 0 Å². The van der Waals surface area contributed by atoms with Crippen LogP contribution < -0.4 is 10.2 Å². The van der Waals surface area contributed by atoms with Gasteiger partial charge < -0.3 is 5.32 Å². The fourth-order valence-electron chi connectivity index (χ4n) is 3.28. The first-order valence-corrected chi connectivity index (χ1v) is 10.6. The van der Waals surface area contributed by atoms with E-state index in [0.717, 1.165) is 21.7 Å². The number of amides is 2. The third-order valence-corrected chi connectivity index (χ3v) is 6.05. The lowest BCUT2D eigenvalue weighted by Crippen LogP contribution is -2.33. The second-order valence-corrected chi connectivity index (χ2v) is 8.51. The number of carbonyl (C=O) groups excluding carboxylic acids is 2. The SMILES string of the molecule is Cc1ccc(N2C(=O)C(Nc3ccccc3)=C(Sc3ccc(Cl)cc3)C2=O)c(C)c1. The van der Waals surface area contributed by atoms with Gasteiger partial charge in [0.05, 0.1) is 5.69 Å². The van der Waals surface area contributed by atoms with Crippen molar-refractivity contribution >= 4 is 46.6 Å². The summed E-state index contributed by atoms with van der Waals surface area (Å²) in [6.45, 7) is 3.88. The molecular formula is C24H19ClN2O2S. The lowest BCUT2D eigenvalue weighted by Gasteiger charge is -2.18. The summed E-state index contributed by atoms with van der Waals surface area (Å²) in [5.41, 5.74) is 3.54. The molecule has 1 aliphatic heterocycles. The molecule has 0 saturated heterocycles. The summed E-state index contributed by atoms with van der Waals surface area (Å²) < 4.78 is 0. The summed E-state index contributed by atoms with van der Waals surface area (Å²) in [7, 11) is 0. The molecule has 0 bridgehead atoms. The lowest BCUT2D eigenvalue weighted by molar-refractivity contribution is -0.120. The number of nitrogens with zero attached hydrogens (tertiary/aromatic N) is 1. The van der Waals surface area contributed by atoms with Gasteiger partial charge >= 0.3 is 0 Å². The van der Waals surface area contributed by atoms with Crippen LogP contribution in [0.4, 0.5) is 11.4 Å². The molecule has 0 spiro atoms. The van der Waals surface area contributed by atoms with E-state index in [1.165, 1.54) is 16.7 Å². The Labute approximate surface area is 184 Å². The first-order valence-electron chi connectivity index (χ1n) is 9.40. The first-order chi connectivity index (χ1) is 14.4. The van der Waals surface area contributed by atoms with Crippen LogP contribution in [0.25, 0.3) is 0 Å². The Morgan fingerprint density at radius 1 is 0.867 bits per heavy atom. The monoisotopic (exact) mass is 434 g/mol. The predicted molar refractivity (Wildman–Crippen MR) is 123 cm³/mol. The molecule has 0 atom stereocenters. The van der Waals surface area contributed by atoms with Crippen LogP contribution >= 0.6 is 23.4 Å². The second-order valence-electron chi connectivity index (χ2n) is 6.99. The minimum atomic E-state index is -0.368. The van der Waals surface area contributed by atoms with Crippen molar-refractivity contribution < 1.29 is 9.59 Å². The molecule has 0 radical (unpaired) electrons. The molecule has 0 saturated carbocycles. The molecule has 30 heavy (non-hydrogen) atoms. The van der Waals surface area contributed by atoms with Crippen LogP contribution in [-0.4, -0.2) is 11.8 Å². The average molecular weight is 435 g/mol. The van der Waals surface area contributed by atoms with E-state index in [1.54, 1.807) is 12.1 Å². The molecule has 0 fully saturated rings. The van der Waals surface area contributed by atoms with Gasteiger partial charge in [-0.3, -0.25) is 9.59 Å². The molecular weight excluding hydrogens is 416 g/mol. The maximum Gasteiger partial charge on any atom is 0.283 e. The number of nitrogens with one attached hydrogen (secondary N) is 1. The highest BCUT2D eigenvalue weighted by Crippen LogP contribution is 2.39. The summed E-state index contributed by atoms with van der Waals surface area (Å²) in [5.74, 6) is -0.711. The number of rotatable bonds is 5. The minimum absolute atomic E-state index is 0.270. The summed E-state index contributed by atoms with van der Waals surface area (Å²) >= 11 is 7.24. The Kier molecular flexibility index (Phi) is 5.66. The van der Waals surface area contributed by atoms with Crippen LogP contribution in [0.5, 0.6) is 0 Å². The lowest BCUT2D eigenvalue weighted by atomic mass is 10.1. The number of benzene rings is 3. The number of para-hydroxylation sites is 1. The maximum absolute atomic E-state index is 13.4. The summed E-state index contributed by atoms with van der Waals surface area (Å²) in [6, 6.07) is 22.2. The van der Waals surface area contributed by atoms with Gasteiger partial charge in [0.1, 0.15) is 10.6 Å². The zero-order chi connectivity index (χ0) is 21.3. The molecule has 1 N–H and O–H groups in total. The molecule has 4 rings (SSSR count). The molecule has 1 aliphatic rings. The third kappa shape index (κ3) is 3.99. The van der Waals surface area contributed by atoms with E-state index in [0.29, 0.717) is 15.6 Å². The fourth-order valence-corrected chi connectivity index (χ4v) is 4.33. The standard InChI is InChI=1S/C24H19ClN2O2S/c1-15-8-13-20(16(2)14-15)27-23(28)21(26-18-6-4-3-5-7-18)22(24(27)29)30-19-11-9-17(25)10-12-19/h3-14,26H,1-2H3. The highest BCUT2D eigenvalue weighted by atomic mass is 35.5. The van der Waals surface area contributed by atoms with Crippen molar-refractivity contribution in [3.05, 3.63) is 99.5 Å². The zero-order valence-corrected chi connectivity index (χ0v) is 18.1.